The van der Waals surface area contributed by atoms with Crippen LogP contribution in [0.15, 0.2) is 18.2 Å². The second-order valence-electron chi connectivity index (χ2n) is 3.90. The largest absolute Gasteiger partial charge is 0.369 e. The molecule has 1 fully saturated rings. The average molecular weight is 257 g/mol. The Hall–Kier alpha value is -1.62. The van der Waals surface area contributed by atoms with Gasteiger partial charge in [0.2, 0.25) is 11.8 Å². The third-order valence-electron chi connectivity index (χ3n) is 2.73. The first-order valence-corrected chi connectivity index (χ1v) is 5.41. The van der Waals surface area contributed by atoms with Crippen molar-refractivity contribution in [1.82, 2.24) is 0 Å². The average Bonchev–Trinajstić information content (AvgIpc) is 2.64. The molecule has 0 aromatic heterocycles. The van der Waals surface area contributed by atoms with Crippen LogP contribution in [0.5, 0.6) is 0 Å². The molecule has 1 aromatic rings. The second kappa shape index (κ2) is 4.33. The van der Waals surface area contributed by atoms with Crippen molar-refractivity contribution in [2.24, 2.45) is 11.7 Å². The molecule has 17 heavy (non-hydrogen) atoms. The Labute approximate surface area is 102 Å². The summed E-state index contributed by atoms with van der Waals surface area (Å²) in [7, 11) is 0. The zero-order valence-corrected chi connectivity index (χ0v) is 9.58. The third-order valence-corrected chi connectivity index (χ3v) is 3.05. The van der Waals surface area contributed by atoms with Crippen molar-refractivity contribution in [3.63, 3.8) is 0 Å². The van der Waals surface area contributed by atoms with E-state index in [-0.39, 0.29) is 29.6 Å². The van der Waals surface area contributed by atoms with Crippen molar-refractivity contribution in [2.75, 3.05) is 11.4 Å². The lowest BCUT2D eigenvalue weighted by atomic mass is 10.1. The first-order chi connectivity index (χ1) is 7.99. The molecule has 0 spiro atoms. The molecule has 2 rings (SSSR count). The van der Waals surface area contributed by atoms with Gasteiger partial charge in [-0.15, -0.1) is 0 Å². The number of nitrogens with two attached hydrogens (primary N) is 1. The van der Waals surface area contributed by atoms with Gasteiger partial charge >= 0.3 is 0 Å². The van der Waals surface area contributed by atoms with Gasteiger partial charge < -0.3 is 10.6 Å². The number of rotatable bonds is 2. The molecule has 1 atom stereocenters. The lowest BCUT2D eigenvalue weighted by Crippen LogP contribution is -2.28. The summed E-state index contributed by atoms with van der Waals surface area (Å²) in [6.45, 7) is 0.150. The normalized spacial score (nSPS) is 19.8. The molecule has 6 heteroatoms. The van der Waals surface area contributed by atoms with Crippen LogP contribution in [0.3, 0.4) is 0 Å². The molecule has 1 saturated heterocycles. The Morgan fingerprint density at radius 1 is 1.53 bits per heavy atom. The standard InChI is InChI=1S/C11H10ClFN2O2/c12-8-2-1-7(13)4-9(8)15-5-6(11(14)17)3-10(15)16/h1-2,4,6H,3,5H2,(H2,14,17). The molecule has 1 aromatic carbocycles. The highest BCUT2D eigenvalue weighted by molar-refractivity contribution is 6.33. The molecule has 90 valence electrons. The lowest BCUT2D eigenvalue weighted by molar-refractivity contribution is -0.123. The van der Waals surface area contributed by atoms with Crippen LogP contribution in [0.4, 0.5) is 10.1 Å². The van der Waals surface area contributed by atoms with E-state index in [1.165, 1.54) is 23.1 Å². The van der Waals surface area contributed by atoms with E-state index < -0.39 is 17.6 Å². The fourth-order valence-electron chi connectivity index (χ4n) is 1.82. The molecule has 1 aliphatic rings. The SMILES string of the molecule is NC(=O)C1CC(=O)N(c2cc(F)ccc2Cl)C1. The van der Waals surface area contributed by atoms with Crippen molar-refractivity contribution < 1.29 is 14.0 Å². The summed E-state index contributed by atoms with van der Waals surface area (Å²) in [5.74, 6) is -1.84. The molecule has 0 aliphatic carbocycles. The lowest BCUT2D eigenvalue weighted by Gasteiger charge is -2.17. The maximum absolute atomic E-state index is 13.1. The molecular formula is C11H10ClFN2O2. The Balaban J connectivity index is 2.32. The topological polar surface area (TPSA) is 63.4 Å². The summed E-state index contributed by atoms with van der Waals surface area (Å²) in [4.78, 5) is 24.0. The van der Waals surface area contributed by atoms with Gasteiger partial charge in [0, 0.05) is 13.0 Å². The van der Waals surface area contributed by atoms with Crippen molar-refractivity contribution in [2.45, 2.75) is 6.42 Å². The first kappa shape index (κ1) is 11.9. The van der Waals surface area contributed by atoms with Crippen molar-refractivity contribution in [3.05, 3.63) is 29.0 Å². The molecule has 4 nitrogen and oxygen atoms in total. The third kappa shape index (κ3) is 2.24. The number of hydrogen-bond donors (Lipinski definition) is 1. The zero-order chi connectivity index (χ0) is 12.6. The van der Waals surface area contributed by atoms with Gasteiger partial charge in [-0.1, -0.05) is 11.6 Å². The molecule has 1 heterocycles. The summed E-state index contributed by atoms with van der Waals surface area (Å²) < 4.78 is 13.1. The molecule has 0 radical (unpaired) electrons. The monoisotopic (exact) mass is 256 g/mol. The van der Waals surface area contributed by atoms with E-state index in [9.17, 15) is 14.0 Å². The fraction of sp³-hybridized carbons (Fsp3) is 0.273. The highest BCUT2D eigenvalue weighted by Gasteiger charge is 2.34. The van der Waals surface area contributed by atoms with E-state index in [4.69, 9.17) is 17.3 Å². The predicted octanol–water partition coefficient (Wildman–Crippen LogP) is 1.32. The van der Waals surface area contributed by atoms with E-state index in [0.717, 1.165) is 0 Å². The van der Waals surface area contributed by atoms with E-state index in [2.05, 4.69) is 0 Å². The van der Waals surface area contributed by atoms with Crippen LogP contribution < -0.4 is 10.6 Å². The number of primary amides is 1. The van der Waals surface area contributed by atoms with Gasteiger partial charge in [-0.05, 0) is 18.2 Å². The molecule has 1 aliphatic heterocycles. The number of benzene rings is 1. The molecule has 2 amide bonds. The maximum Gasteiger partial charge on any atom is 0.227 e. The van der Waals surface area contributed by atoms with Gasteiger partial charge in [0.05, 0.1) is 16.6 Å². The number of carbonyl (C=O) groups is 2. The van der Waals surface area contributed by atoms with Gasteiger partial charge in [-0.2, -0.15) is 0 Å². The zero-order valence-electron chi connectivity index (χ0n) is 8.82. The van der Waals surface area contributed by atoms with Crippen LogP contribution in [0.2, 0.25) is 5.02 Å². The van der Waals surface area contributed by atoms with Crippen LogP contribution in [0, 0.1) is 11.7 Å². The van der Waals surface area contributed by atoms with Gasteiger partial charge in [-0.3, -0.25) is 9.59 Å². The van der Waals surface area contributed by atoms with Crippen LogP contribution in [-0.4, -0.2) is 18.4 Å². The quantitative estimate of drug-likeness (QED) is 0.867. The summed E-state index contributed by atoms with van der Waals surface area (Å²) in [6.07, 6.45) is 0.0438. The summed E-state index contributed by atoms with van der Waals surface area (Å²) >= 11 is 5.89. The number of anilines is 1. The Morgan fingerprint density at radius 2 is 2.24 bits per heavy atom. The maximum atomic E-state index is 13.1. The molecule has 1 unspecified atom stereocenters. The minimum Gasteiger partial charge on any atom is -0.369 e. The number of carbonyl (C=O) groups excluding carboxylic acids is 2. The highest BCUT2D eigenvalue weighted by Crippen LogP contribution is 2.31. The van der Waals surface area contributed by atoms with Crippen molar-refractivity contribution >= 4 is 29.1 Å². The van der Waals surface area contributed by atoms with E-state index >= 15 is 0 Å². The second-order valence-corrected chi connectivity index (χ2v) is 4.31. The van der Waals surface area contributed by atoms with Crippen LogP contribution >= 0.6 is 11.6 Å². The smallest absolute Gasteiger partial charge is 0.227 e. The molecule has 0 saturated carbocycles. The number of halogens is 2. The summed E-state index contributed by atoms with van der Waals surface area (Å²) in [5, 5.41) is 0.268. The van der Waals surface area contributed by atoms with Gasteiger partial charge in [0.25, 0.3) is 0 Å². The van der Waals surface area contributed by atoms with Crippen LogP contribution in [-0.2, 0) is 9.59 Å². The van der Waals surface area contributed by atoms with Crippen LogP contribution in [0.1, 0.15) is 6.42 Å². The van der Waals surface area contributed by atoms with Gasteiger partial charge in [-0.25, -0.2) is 4.39 Å². The number of hydrogen-bond acceptors (Lipinski definition) is 2. The van der Waals surface area contributed by atoms with E-state index in [0.29, 0.717) is 0 Å². The first-order valence-electron chi connectivity index (χ1n) is 5.04. The minimum atomic E-state index is -0.540. The Bertz CT molecular complexity index is 492. The molecular weight excluding hydrogens is 247 g/mol. The minimum absolute atomic E-state index is 0.0438. The van der Waals surface area contributed by atoms with Gasteiger partial charge in [0.15, 0.2) is 0 Å². The van der Waals surface area contributed by atoms with E-state index in [1.807, 2.05) is 0 Å². The van der Waals surface area contributed by atoms with Crippen LogP contribution in [0.25, 0.3) is 0 Å². The van der Waals surface area contributed by atoms with Crippen molar-refractivity contribution in [3.8, 4) is 0 Å². The highest BCUT2D eigenvalue weighted by atomic mass is 35.5. The van der Waals surface area contributed by atoms with Gasteiger partial charge in [0.1, 0.15) is 5.82 Å². The molecule has 0 bridgehead atoms. The Kier molecular flexibility index (Phi) is 3.02. The number of nitrogens with zero attached hydrogens (tertiary/aromatic N) is 1. The van der Waals surface area contributed by atoms with E-state index in [1.54, 1.807) is 0 Å². The van der Waals surface area contributed by atoms with Crippen molar-refractivity contribution in [1.29, 1.82) is 0 Å². The Morgan fingerprint density at radius 3 is 2.82 bits per heavy atom. The summed E-state index contributed by atoms with van der Waals surface area (Å²) in [6, 6.07) is 3.75. The predicted molar refractivity (Wildman–Crippen MR) is 61.1 cm³/mol. The summed E-state index contributed by atoms with van der Waals surface area (Å²) in [5.41, 5.74) is 5.42. The fourth-order valence-corrected chi connectivity index (χ4v) is 2.04. The number of amides is 2. The molecule has 2 N–H and O–H groups in total.